The number of rotatable bonds is 11. The fourth-order valence-corrected chi connectivity index (χ4v) is 4.81. The molecule has 0 aliphatic heterocycles. The Morgan fingerprint density at radius 1 is 0.658 bits per heavy atom. The molecule has 0 unspecified atom stereocenters. The summed E-state index contributed by atoms with van der Waals surface area (Å²) in [5.74, 6) is -0.302. The van der Waals surface area contributed by atoms with Crippen molar-refractivity contribution in [2.24, 2.45) is 0 Å². The molecule has 2 amide bonds. The summed E-state index contributed by atoms with van der Waals surface area (Å²) in [6.07, 6.45) is 0.709. The van der Waals surface area contributed by atoms with Crippen LogP contribution in [0.1, 0.15) is 48.4 Å². The van der Waals surface area contributed by atoms with E-state index in [9.17, 15) is 9.59 Å². The lowest BCUT2D eigenvalue weighted by atomic mass is 9.87. The predicted octanol–water partition coefficient (Wildman–Crippen LogP) is 6.37. The van der Waals surface area contributed by atoms with Gasteiger partial charge < -0.3 is 10.2 Å². The Morgan fingerprint density at radius 3 is 1.58 bits per heavy atom. The van der Waals surface area contributed by atoms with Gasteiger partial charge in [0.15, 0.2) is 0 Å². The molecule has 4 aromatic rings. The molecule has 4 nitrogen and oxygen atoms in total. The molecule has 0 aliphatic rings. The van der Waals surface area contributed by atoms with Crippen LogP contribution in [0.3, 0.4) is 0 Å². The average Bonchev–Trinajstić information content (AvgIpc) is 2.95. The molecule has 4 rings (SSSR count). The fraction of sp³-hybridized carbons (Fsp3) is 0.235. The lowest BCUT2D eigenvalue weighted by molar-refractivity contribution is -0.141. The van der Waals surface area contributed by atoms with E-state index in [4.69, 9.17) is 0 Å². The summed E-state index contributed by atoms with van der Waals surface area (Å²) in [6.45, 7) is 4.25. The maximum Gasteiger partial charge on any atom is 0.243 e. The van der Waals surface area contributed by atoms with Gasteiger partial charge in [0.05, 0.1) is 0 Å². The Morgan fingerprint density at radius 2 is 1.11 bits per heavy atom. The first-order chi connectivity index (χ1) is 18.5. The second kappa shape index (κ2) is 13.4. The quantitative estimate of drug-likeness (QED) is 0.258. The molecule has 0 bridgehead atoms. The van der Waals surface area contributed by atoms with Gasteiger partial charge in [0.25, 0.3) is 0 Å². The maximum absolute atomic E-state index is 14.3. The van der Waals surface area contributed by atoms with Gasteiger partial charge in [0.1, 0.15) is 6.04 Å². The van der Waals surface area contributed by atoms with Gasteiger partial charge in [-0.2, -0.15) is 0 Å². The van der Waals surface area contributed by atoms with Crippen molar-refractivity contribution in [3.05, 3.63) is 144 Å². The molecule has 0 fully saturated rings. The number of carbonyl (C=O) groups is 2. The highest BCUT2D eigenvalue weighted by molar-refractivity contribution is 5.88. The third-order valence-electron chi connectivity index (χ3n) is 6.68. The van der Waals surface area contributed by atoms with Gasteiger partial charge in [0.2, 0.25) is 11.8 Å². The van der Waals surface area contributed by atoms with Crippen LogP contribution in [0.2, 0.25) is 0 Å². The summed E-state index contributed by atoms with van der Waals surface area (Å²) in [6, 6.07) is 39.4. The molecular weight excluding hydrogens is 468 g/mol. The zero-order chi connectivity index (χ0) is 26.7. The van der Waals surface area contributed by atoms with Crippen molar-refractivity contribution in [1.29, 1.82) is 0 Å². The maximum atomic E-state index is 14.3. The Labute approximate surface area is 226 Å². The molecule has 194 valence electrons. The number of benzene rings is 4. The molecule has 4 aromatic carbocycles. The molecule has 0 aromatic heterocycles. The third kappa shape index (κ3) is 7.42. The highest BCUT2D eigenvalue weighted by atomic mass is 16.2. The van der Waals surface area contributed by atoms with Gasteiger partial charge in [-0.1, -0.05) is 121 Å². The fourth-order valence-electron chi connectivity index (χ4n) is 4.81. The van der Waals surface area contributed by atoms with Gasteiger partial charge in [-0.3, -0.25) is 9.59 Å². The topological polar surface area (TPSA) is 49.4 Å². The molecule has 1 N–H and O–H groups in total. The SMILES string of the molecule is CC(C)NC(=O)[C@@H](Cc1ccccc1)N(Cc1ccccc1)C(=O)CC(c1ccccc1)c1ccccc1. The van der Waals surface area contributed by atoms with Gasteiger partial charge in [-0.25, -0.2) is 0 Å². The molecular formula is C34H36N2O2. The molecule has 0 saturated carbocycles. The number of carbonyl (C=O) groups excluding carboxylic acids is 2. The van der Waals surface area contributed by atoms with Gasteiger partial charge >= 0.3 is 0 Å². The minimum Gasteiger partial charge on any atom is -0.352 e. The number of hydrogen-bond acceptors (Lipinski definition) is 2. The summed E-state index contributed by atoms with van der Waals surface area (Å²) in [7, 11) is 0. The van der Waals surface area contributed by atoms with Gasteiger partial charge in [-0.15, -0.1) is 0 Å². The minimum absolute atomic E-state index is 0.0316. The summed E-state index contributed by atoms with van der Waals surface area (Å²) in [4.78, 5) is 29.7. The van der Waals surface area contributed by atoms with E-state index in [0.717, 1.165) is 22.3 Å². The van der Waals surface area contributed by atoms with Gasteiger partial charge in [-0.05, 0) is 36.1 Å². The Balaban J connectivity index is 1.72. The number of hydrogen-bond donors (Lipinski definition) is 1. The van der Waals surface area contributed by atoms with Crippen molar-refractivity contribution in [1.82, 2.24) is 10.2 Å². The highest BCUT2D eigenvalue weighted by Crippen LogP contribution is 2.30. The van der Waals surface area contributed by atoms with Crippen molar-refractivity contribution in [2.75, 3.05) is 0 Å². The zero-order valence-corrected chi connectivity index (χ0v) is 22.2. The van der Waals surface area contributed by atoms with Crippen LogP contribution in [0.4, 0.5) is 0 Å². The average molecular weight is 505 g/mol. The monoisotopic (exact) mass is 504 g/mol. The zero-order valence-electron chi connectivity index (χ0n) is 22.2. The molecule has 1 atom stereocenters. The smallest absolute Gasteiger partial charge is 0.243 e. The first-order valence-corrected chi connectivity index (χ1v) is 13.3. The molecule has 0 saturated heterocycles. The second-order valence-corrected chi connectivity index (χ2v) is 9.95. The van der Waals surface area contributed by atoms with Gasteiger partial charge in [0, 0.05) is 31.3 Å². The van der Waals surface area contributed by atoms with Crippen LogP contribution in [0.25, 0.3) is 0 Å². The molecule has 0 spiro atoms. The van der Waals surface area contributed by atoms with Crippen molar-refractivity contribution >= 4 is 11.8 Å². The van der Waals surface area contributed by atoms with Crippen molar-refractivity contribution in [3.8, 4) is 0 Å². The van der Waals surface area contributed by atoms with E-state index in [-0.39, 0.29) is 30.2 Å². The molecule has 0 radical (unpaired) electrons. The van der Waals surface area contributed by atoms with Crippen LogP contribution < -0.4 is 5.32 Å². The predicted molar refractivity (Wildman–Crippen MR) is 154 cm³/mol. The third-order valence-corrected chi connectivity index (χ3v) is 6.68. The summed E-state index contributed by atoms with van der Waals surface area (Å²) >= 11 is 0. The van der Waals surface area contributed by atoms with Crippen LogP contribution >= 0.6 is 0 Å². The highest BCUT2D eigenvalue weighted by Gasteiger charge is 2.32. The Hall–Kier alpha value is -4.18. The van der Waals surface area contributed by atoms with E-state index < -0.39 is 6.04 Å². The normalized spacial score (nSPS) is 11.8. The first-order valence-electron chi connectivity index (χ1n) is 13.3. The first kappa shape index (κ1) is 26.9. The van der Waals surface area contributed by atoms with Crippen molar-refractivity contribution in [3.63, 3.8) is 0 Å². The van der Waals surface area contributed by atoms with Crippen LogP contribution in [-0.2, 0) is 22.6 Å². The van der Waals surface area contributed by atoms with E-state index in [1.165, 1.54) is 0 Å². The summed E-state index contributed by atoms with van der Waals surface area (Å²) in [5, 5.41) is 3.07. The van der Waals surface area contributed by atoms with Crippen molar-refractivity contribution in [2.45, 2.75) is 51.2 Å². The molecule has 4 heteroatoms. The van der Waals surface area contributed by atoms with E-state index in [0.29, 0.717) is 13.0 Å². The largest absolute Gasteiger partial charge is 0.352 e. The summed E-state index contributed by atoms with van der Waals surface area (Å²) < 4.78 is 0. The van der Waals surface area contributed by atoms with E-state index >= 15 is 0 Å². The lowest BCUT2D eigenvalue weighted by Crippen LogP contribution is -2.52. The minimum atomic E-state index is -0.639. The molecule has 0 heterocycles. The molecule has 38 heavy (non-hydrogen) atoms. The lowest BCUT2D eigenvalue weighted by Gasteiger charge is -2.33. The van der Waals surface area contributed by atoms with Crippen LogP contribution in [-0.4, -0.2) is 28.8 Å². The Kier molecular flexibility index (Phi) is 9.47. The summed E-state index contributed by atoms with van der Waals surface area (Å²) in [5.41, 5.74) is 4.17. The van der Waals surface area contributed by atoms with Crippen molar-refractivity contribution < 1.29 is 9.59 Å². The van der Waals surface area contributed by atoms with Crippen LogP contribution in [0.15, 0.2) is 121 Å². The Bertz CT molecular complexity index is 1240. The molecule has 0 aliphatic carbocycles. The standard InChI is InChI=1S/C34H36N2O2/c1-26(2)35-34(38)32(23-27-15-7-3-8-16-27)36(25-28-17-9-4-10-18-28)33(37)24-31(29-19-11-5-12-20-29)30-21-13-6-14-22-30/h3-22,26,31-32H,23-25H2,1-2H3,(H,35,38)/t32-/m1/s1. The number of nitrogens with zero attached hydrogens (tertiary/aromatic N) is 1. The second-order valence-electron chi connectivity index (χ2n) is 9.95. The van der Waals surface area contributed by atoms with Crippen LogP contribution in [0.5, 0.6) is 0 Å². The van der Waals surface area contributed by atoms with E-state index in [1.54, 1.807) is 4.90 Å². The van der Waals surface area contributed by atoms with E-state index in [1.807, 2.05) is 111 Å². The number of nitrogens with one attached hydrogen (secondary N) is 1. The number of amides is 2. The van der Waals surface area contributed by atoms with E-state index in [2.05, 4.69) is 29.6 Å². The van der Waals surface area contributed by atoms with Crippen LogP contribution in [0, 0.1) is 0 Å².